The van der Waals surface area contributed by atoms with Gasteiger partial charge in [0.1, 0.15) is 36.9 Å². The third-order valence-electron chi connectivity index (χ3n) is 4.25. The van der Waals surface area contributed by atoms with Gasteiger partial charge in [-0.3, -0.25) is 9.05 Å². The highest BCUT2D eigenvalue weighted by atomic mass is 31.2. The normalized spacial score (nSPS) is 24.2. The Bertz CT molecular complexity index is 744. The van der Waals surface area contributed by atoms with Crippen LogP contribution in [-0.2, 0) is 26.5 Å². The van der Waals surface area contributed by atoms with E-state index >= 15 is 0 Å². The number of rotatable bonds is 4. The molecule has 7 heteroatoms. The lowest BCUT2D eigenvalue weighted by atomic mass is 10.1. The molecule has 2 unspecified atom stereocenters. The monoisotopic (exact) mass is 362 g/mol. The molecule has 1 N–H and O–H groups in total. The molecule has 0 spiro atoms. The van der Waals surface area contributed by atoms with Gasteiger partial charge in [0, 0.05) is 12.8 Å². The first kappa shape index (κ1) is 16.6. The van der Waals surface area contributed by atoms with E-state index in [-0.39, 0.29) is 13.2 Å². The average molecular weight is 362 g/mol. The molecule has 2 aromatic rings. The van der Waals surface area contributed by atoms with Crippen molar-refractivity contribution in [2.75, 3.05) is 13.2 Å². The molecule has 0 aliphatic carbocycles. The first-order valence-electron chi connectivity index (χ1n) is 8.20. The zero-order chi connectivity index (χ0) is 17.3. The fourth-order valence-electron chi connectivity index (χ4n) is 3.14. The van der Waals surface area contributed by atoms with Crippen LogP contribution in [0.2, 0.25) is 0 Å². The maximum Gasteiger partial charge on any atom is 0.472 e. The number of hydrogen-bond donors (Lipinski definition) is 1. The second-order valence-corrected chi connectivity index (χ2v) is 7.53. The summed E-state index contributed by atoms with van der Waals surface area (Å²) in [5.74, 6) is 1.57. The van der Waals surface area contributed by atoms with E-state index in [9.17, 15) is 9.46 Å². The van der Waals surface area contributed by atoms with Crippen LogP contribution < -0.4 is 9.47 Å². The van der Waals surface area contributed by atoms with E-state index in [4.69, 9.17) is 18.5 Å². The Kier molecular flexibility index (Phi) is 4.52. The van der Waals surface area contributed by atoms with Crippen molar-refractivity contribution in [2.24, 2.45) is 0 Å². The third kappa shape index (κ3) is 3.88. The van der Waals surface area contributed by atoms with Gasteiger partial charge >= 0.3 is 7.82 Å². The zero-order valence-electron chi connectivity index (χ0n) is 13.5. The minimum absolute atomic E-state index is 0.217. The summed E-state index contributed by atoms with van der Waals surface area (Å²) < 4.78 is 34.2. The summed E-state index contributed by atoms with van der Waals surface area (Å²) in [5, 5.41) is 0. The summed E-state index contributed by atoms with van der Waals surface area (Å²) in [4.78, 5) is 10.1. The predicted molar refractivity (Wildman–Crippen MR) is 90.9 cm³/mol. The fourth-order valence-corrected chi connectivity index (χ4v) is 4.21. The zero-order valence-corrected chi connectivity index (χ0v) is 14.4. The molecular weight excluding hydrogens is 343 g/mol. The smallest absolute Gasteiger partial charge is 0.472 e. The van der Waals surface area contributed by atoms with Gasteiger partial charge in [-0.1, -0.05) is 36.4 Å². The Labute approximate surface area is 145 Å². The molecular formula is C18H19O6P. The van der Waals surface area contributed by atoms with Crippen molar-refractivity contribution in [1.82, 2.24) is 0 Å². The summed E-state index contributed by atoms with van der Waals surface area (Å²) in [5.41, 5.74) is 1.90. The molecule has 2 heterocycles. The Hall–Kier alpha value is -1.85. The number of phosphoric ester groups is 1. The number of hydrogen-bond acceptors (Lipinski definition) is 5. The van der Waals surface area contributed by atoms with E-state index in [0.29, 0.717) is 12.8 Å². The Balaban J connectivity index is 1.37. The molecule has 0 radical (unpaired) electrons. The van der Waals surface area contributed by atoms with Gasteiger partial charge in [0.2, 0.25) is 0 Å². The van der Waals surface area contributed by atoms with Crippen molar-refractivity contribution in [1.29, 1.82) is 0 Å². The largest absolute Gasteiger partial charge is 0.491 e. The Morgan fingerprint density at radius 1 is 0.840 bits per heavy atom. The van der Waals surface area contributed by atoms with Gasteiger partial charge < -0.3 is 14.4 Å². The molecule has 2 atom stereocenters. The molecule has 0 aromatic heterocycles. The first-order valence-corrected chi connectivity index (χ1v) is 9.69. The van der Waals surface area contributed by atoms with Crippen molar-refractivity contribution in [3.8, 4) is 11.5 Å². The third-order valence-corrected chi connectivity index (χ3v) is 5.38. The van der Waals surface area contributed by atoms with Crippen molar-refractivity contribution >= 4 is 7.82 Å². The summed E-state index contributed by atoms with van der Waals surface area (Å²) in [6, 6.07) is 15.2. The van der Waals surface area contributed by atoms with E-state index in [1.165, 1.54) is 0 Å². The lowest BCUT2D eigenvalue weighted by molar-refractivity contribution is 0.0283. The lowest BCUT2D eigenvalue weighted by Gasteiger charge is -2.29. The first-order chi connectivity index (χ1) is 12.1. The molecule has 0 saturated carbocycles. The Morgan fingerprint density at radius 2 is 1.28 bits per heavy atom. The highest BCUT2D eigenvalue weighted by Crippen LogP contribution is 2.48. The highest BCUT2D eigenvalue weighted by molar-refractivity contribution is 7.47. The van der Waals surface area contributed by atoms with Crippen LogP contribution >= 0.6 is 7.82 Å². The van der Waals surface area contributed by atoms with E-state index < -0.39 is 20.0 Å². The molecule has 132 valence electrons. The van der Waals surface area contributed by atoms with E-state index in [2.05, 4.69) is 0 Å². The Morgan fingerprint density at radius 3 is 1.76 bits per heavy atom. The SMILES string of the molecule is O=P(O)(OC1COc2ccccc2C1)OC1COc2ccccc2C1. The molecule has 0 fully saturated rings. The summed E-state index contributed by atoms with van der Waals surface area (Å²) in [7, 11) is -4.21. The lowest BCUT2D eigenvalue weighted by Crippen LogP contribution is -2.31. The molecule has 0 saturated heterocycles. The van der Waals surface area contributed by atoms with E-state index in [0.717, 1.165) is 22.6 Å². The van der Waals surface area contributed by atoms with Crippen molar-refractivity contribution in [3.05, 3.63) is 59.7 Å². The number of ether oxygens (including phenoxy) is 2. The van der Waals surface area contributed by atoms with Gasteiger partial charge in [-0.05, 0) is 23.3 Å². The number of phosphoric acid groups is 1. The molecule has 2 aromatic carbocycles. The second kappa shape index (κ2) is 6.81. The number of benzene rings is 2. The minimum atomic E-state index is -4.21. The van der Waals surface area contributed by atoms with Gasteiger partial charge in [-0.25, -0.2) is 4.57 Å². The van der Waals surface area contributed by atoms with Crippen molar-refractivity contribution in [2.45, 2.75) is 25.0 Å². The van der Waals surface area contributed by atoms with E-state index in [1.807, 2.05) is 48.5 Å². The second-order valence-electron chi connectivity index (χ2n) is 6.17. The van der Waals surface area contributed by atoms with Gasteiger partial charge in [-0.15, -0.1) is 0 Å². The molecule has 6 nitrogen and oxygen atoms in total. The van der Waals surface area contributed by atoms with Crippen LogP contribution in [0.4, 0.5) is 0 Å². The summed E-state index contributed by atoms with van der Waals surface area (Å²) >= 11 is 0. The van der Waals surface area contributed by atoms with Gasteiger partial charge in [0.15, 0.2) is 0 Å². The molecule has 2 aliphatic rings. The quantitative estimate of drug-likeness (QED) is 0.843. The topological polar surface area (TPSA) is 74.2 Å². The van der Waals surface area contributed by atoms with Gasteiger partial charge in [0.25, 0.3) is 0 Å². The van der Waals surface area contributed by atoms with Crippen molar-refractivity contribution in [3.63, 3.8) is 0 Å². The molecule has 0 bridgehead atoms. The van der Waals surface area contributed by atoms with Crippen LogP contribution in [0.15, 0.2) is 48.5 Å². The van der Waals surface area contributed by atoms with Crippen LogP contribution in [0, 0.1) is 0 Å². The van der Waals surface area contributed by atoms with Crippen LogP contribution in [0.25, 0.3) is 0 Å². The summed E-state index contributed by atoms with van der Waals surface area (Å²) in [6.45, 7) is 0.434. The van der Waals surface area contributed by atoms with Crippen LogP contribution in [-0.4, -0.2) is 30.3 Å². The molecule has 4 rings (SSSR count). The van der Waals surface area contributed by atoms with Gasteiger partial charge in [-0.2, -0.15) is 0 Å². The number of para-hydroxylation sites is 2. The molecule has 2 aliphatic heterocycles. The summed E-state index contributed by atoms with van der Waals surface area (Å²) in [6.07, 6.45) is -0.0348. The predicted octanol–water partition coefficient (Wildman–Crippen LogP) is 3.13. The maximum absolute atomic E-state index is 12.4. The van der Waals surface area contributed by atoms with Crippen LogP contribution in [0.1, 0.15) is 11.1 Å². The fraction of sp³-hybridized carbons (Fsp3) is 0.333. The van der Waals surface area contributed by atoms with Gasteiger partial charge in [0.05, 0.1) is 0 Å². The van der Waals surface area contributed by atoms with Crippen molar-refractivity contribution < 1.29 is 28.0 Å². The standard InChI is InChI=1S/C18H19O6P/c19-25(20,23-15-9-13-5-1-3-7-17(13)21-11-15)24-16-10-14-6-2-4-8-18(14)22-12-16/h1-8,15-16H,9-12H2,(H,19,20). The van der Waals surface area contributed by atoms with E-state index in [1.54, 1.807) is 0 Å². The average Bonchev–Trinajstić information content (AvgIpc) is 2.61. The van der Waals surface area contributed by atoms with Crippen LogP contribution in [0.3, 0.4) is 0 Å². The minimum Gasteiger partial charge on any atom is -0.491 e. The maximum atomic E-state index is 12.4. The highest BCUT2D eigenvalue weighted by Gasteiger charge is 2.34. The molecule has 0 amide bonds. The number of fused-ring (bicyclic) bond motifs is 2. The van der Waals surface area contributed by atoms with Crippen LogP contribution in [0.5, 0.6) is 11.5 Å². The molecule has 25 heavy (non-hydrogen) atoms.